The fourth-order valence-corrected chi connectivity index (χ4v) is 5.11. The summed E-state index contributed by atoms with van der Waals surface area (Å²) in [5.41, 5.74) is 0.808. The predicted octanol–water partition coefficient (Wildman–Crippen LogP) is 0.533. The molecule has 0 aromatic heterocycles. The number of piperazine rings is 1. The lowest BCUT2D eigenvalue weighted by Crippen LogP contribution is -2.62. The molecule has 2 saturated heterocycles. The number of hydrogen-bond acceptors (Lipinski definition) is 5. The highest BCUT2D eigenvalue weighted by Crippen LogP contribution is 2.32. The minimum atomic E-state index is -0.314. The van der Waals surface area contributed by atoms with E-state index in [2.05, 4.69) is 15.5 Å². The van der Waals surface area contributed by atoms with Crippen molar-refractivity contribution >= 4 is 17.7 Å². The standard InChI is InChI=1S/C23H32FN5O3/c1-16(30)27-8-10-28(11-9-27)19-6-7-21-20(12-19)23(32)29(15-26-21)14-22(31)25-13-17-2-4-18(24)5-3-17/h2-5,19-21,26H,6-15H2,1H3,(H,25,31). The van der Waals surface area contributed by atoms with Gasteiger partial charge in [0.15, 0.2) is 0 Å². The fourth-order valence-electron chi connectivity index (χ4n) is 5.11. The zero-order valence-electron chi connectivity index (χ0n) is 18.6. The normalized spacial score (nSPS) is 26.6. The fraction of sp³-hybridized carbons (Fsp3) is 0.609. The number of amides is 3. The summed E-state index contributed by atoms with van der Waals surface area (Å²) in [5.74, 6) is -0.508. The molecule has 32 heavy (non-hydrogen) atoms. The Bertz CT molecular complexity index is 841. The van der Waals surface area contributed by atoms with Gasteiger partial charge >= 0.3 is 0 Å². The minimum absolute atomic E-state index is 0.0121. The summed E-state index contributed by atoms with van der Waals surface area (Å²) in [7, 11) is 0. The topological polar surface area (TPSA) is 85.0 Å². The van der Waals surface area contributed by atoms with Gasteiger partial charge in [0, 0.05) is 51.7 Å². The highest BCUT2D eigenvalue weighted by molar-refractivity contribution is 5.86. The number of carbonyl (C=O) groups is 3. The summed E-state index contributed by atoms with van der Waals surface area (Å²) in [5, 5.41) is 6.25. The van der Waals surface area contributed by atoms with Crippen molar-refractivity contribution in [1.29, 1.82) is 0 Å². The van der Waals surface area contributed by atoms with Gasteiger partial charge in [-0.1, -0.05) is 12.1 Å². The van der Waals surface area contributed by atoms with Crippen molar-refractivity contribution in [2.75, 3.05) is 39.4 Å². The molecule has 1 aromatic rings. The molecular weight excluding hydrogens is 413 g/mol. The Morgan fingerprint density at radius 3 is 2.53 bits per heavy atom. The number of rotatable bonds is 5. The quantitative estimate of drug-likeness (QED) is 0.691. The van der Waals surface area contributed by atoms with E-state index in [-0.39, 0.29) is 42.0 Å². The third-order valence-electron chi connectivity index (χ3n) is 7.01. The van der Waals surface area contributed by atoms with Crippen LogP contribution in [0.5, 0.6) is 0 Å². The predicted molar refractivity (Wildman–Crippen MR) is 117 cm³/mol. The van der Waals surface area contributed by atoms with Crippen LogP contribution >= 0.6 is 0 Å². The van der Waals surface area contributed by atoms with Crippen molar-refractivity contribution in [2.45, 2.75) is 44.8 Å². The summed E-state index contributed by atoms with van der Waals surface area (Å²) in [6.07, 6.45) is 2.77. The lowest BCUT2D eigenvalue weighted by atomic mass is 9.79. The van der Waals surface area contributed by atoms with Crippen LogP contribution in [-0.2, 0) is 20.9 Å². The van der Waals surface area contributed by atoms with Crippen LogP contribution < -0.4 is 10.6 Å². The second-order valence-corrected chi connectivity index (χ2v) is 9.02. The molecule has 174 valence electrons. The van der Waals surface area contributed by atoms with E-state index in [1.165, 1.54) is 12.1 Å². The molecule has 1 aliphatic carbocycles. The Morgan fingerprint density at radius 2 is 1.84 bits per heavy atom. The molecule has 8 nitrogen and oxygen atoms in total. The van der Waals surface area contributed by atoms with Gasteiger partial charge in [-0.2, -0.15) is 0 Å². The number of nitrogens with one attached hydrogen (secondary N) is 2. The van der Waals surface area contributed by atoms with E-state index in [1.807, 2.05) is 4.90 Å². The highest BCUT2D eigenvalue weighted by atomic mass is 19.1. The van der Waals surface area contributed by atoms with Gasteiger partial charge in [0.1, 0.15) is 12.4 Å². The Labute approximate surface area is 188 Å². The minimum Gasteiger partial charge on any atom is -0.350 e. The summed E-state index contributed by atoms with van der Waals surface area (Å²) >= 11 is 0. The summed E-state index contributed by atoms with van der Waals surface area (Å²) in [4.78, 5) is 43.0. The maximum Gasteiger partial charge on any atom is 0.239 e. The van der Waals surface area contributed by atoms with Gasteiger partial charge in [-0.15, -0.1) is 0 Å². The Morgan fingerprint density at radius 1 is 1.12 bits per heavy atom. The van der Waals surface area contributed by atoms with Crippen molar-refractivity contribution in [2.24, 2.45) is 5.92 Å². The van der Waals surface area contributed by atoms with Gasteiger partial charge in [0.2, 0.25) is 17.7 Å². The van der Waals surface area contributed by atoms with E-state index in [0.29, 0.717) is 19.3 Å². The van der Waals surface area contributed by atoms with Crippen molar-refractivity contribution < 1.29 is 18.8 Å². The van der Waals surface area contributed by atoms with Gasteiger partial charge in [-0.05, 0) is 37.0 Å². The van der Waals surface area contributed by atoms with Gasteiger partial charge in [-0.25, -0.2) is 4.39 Å². The first-order valence-corrected chi connectivity index (χ1v) is 11.4. The molecular formula is C23H32FN5O3. The molecule has 3 fully saturated rings. The van der Waals surface area contributed by atoms with Gasteiger partial charge in [0.05, 0.1) is 12.6 Å². The maximum atomic E-state index is 13.2. The molecule has 0 bridgehead atoms. The average molecular weight is 446 g/mol. The van der Waals surface area contributed by atoms with Crippen molar-refractivity contribution in [1.82, 2.24) is 25.3 Å². The Hall–Kier alpha value is -2.52. The van der Waals surface area contributed by atoms with Crippen LogP contribution in [0.25, 0.3) is 0 Å². The lowest BCUT2D eigenvalue weighted by molar-refractivity contribution is -0.146. The summed E-state index contributed by atoms with van der Waals surface area (Å²) < 4.78 is 13.0. The van der Waals surface area contributed by atoms with E-state index < -0.39 is 0 Å². The largest absolute Gasteiger partial charge is 0.350 e. The third-order valence-corrected chi connectivity index (χ3v) is 7.01. The number of halogens is 1. The molecule has 4 rings (SSSR count). The molecule has 3 atom stereocenters. The summed E-state index contributed by atoms with van der Waals surface area (Å²) in [6, 6.07) is 6.48. The maximum absolute atomic E-state index is 13.2. The van der Waals surface area contributed by atoms with Crippen LogP contribution in [0.4, 0.5) is 4.39 Å². The first kappa shape index (κ1) is 22.7. The van der Waals surface area contributed by atoms with E-state index in [0.717, 1.165) is 51.0 Å². The molecule has 0 radical (unpaired) electrons. The van der Waals surface area contributed by atoms with Crippen molar-refractivity contribution in [3.05, 3.63) is 35.6 Å². The number of hydrogen-bond donors (Lipinski definition) is 2. The second-order valence-electron chi connectivity index (χ2n) is 9.02. The lowest BCUT2D eigenvalue weighted by Gasteiger charge is -2.47. The first-order chi connectivity index (χ1) is 15.4. The van der Waals surface area contributed by atoms with Crippen LogP contribution in [0.1, 0.15) is 31.7 Å². The average Bonchev–Trinajstić information content (AvgIpc) is 2.80. The molecule has 1 saturated carbocycles. The van der Waals surface area contributed by atoms with E-state index >= 15 is 0 Å². The number of fused-ring (bicyclic) bond motifs is 1. The molecule has 9 heteroatoms. The molecule has 1 aromatic carbocycles. The third kappa shape index (κ3) is 5.27. The molecule has 0 spiro atoms. The number of carbonyl (C=O) groups excluding carboxylic acids is 3. The van der Waals surface area contributed by atoms with Gasteiger partial charge in [0.25, 0.3) is 0 Å². The van der Waals surface area contributed by atoms with E-state index in [9.17, 15) is 18.8 Å². The molecule has 2 aliphatic heterocycles. The highest BCUT2D eigenvalue weighted by Gasteiger charge is 2.42. The van der Waals surface area contributed by atoms with Crippen LogP contribution in [0.3, 0.4) is 0 Å². The number of nitrogens with zero attached hydrogens (tertiary/aromatic N) is 3. The zero-order valence-corrected chi connectivity index (χ0v) is 18.6. The van der Waals surface area contributed by atoms with Crippen molar-refractivity contribution in [3.8, 4) is 0 Å². The zero-order chi connectivity index (χ0) is 22.7. The van der Waals surface area contributed by atoms with Crippen molar-refractivity contribution in [3.63, 3.8) is 0 Å². The van der Waals surface area contributed by atoms with Gasteiger partial charge in [-0.3, -0.25) is 24.6 Å². The van der Waals surface area contributed by atoms with Crippen LogP contribution in [0, 0.1) is 11.7 Å². The first-order valence-electron chi connectivity index (χ1n) is 11.4. The number of benzene rings is 1. The molecule has 3 aliphatic rings. The van der Waals surface area contributed by atoms with Crippen LogP contribution in [-0.4, -0.2) is 83.9 Å². The molecule has 3 amide bonds. The smallest absolute Gasteiger partial charge is 0.239 e. The monoisotopic (exact) mass is 445 g/mol. The SMILES string of the molecule is CC(=O)N1CCN(C2CCC3NCN(CC(=O)NCc4ccc(F)cc4)C(=O)C3C2)CC1. The van der Waals surface area contributed by atoms with Crippen LogP contribution in [0.2, 0.25) is 0 Å². The molecule has 2 N–H and O–H groups in total. The Kier molecular flexibility index (Phi) is 7.05. The van der Waals surface area contributed by atoms with Gasteiger partial charge < -0.3 is 15.1 Å². The van der Waals surface area contributed by atoms with E-state index in [4.69, 9.17) is 0 Å². The second kappa shape index (κ2) is 9.95. The Balaban J connectivity index is 1.28. The summed E-state index contributed by atoms with van der Waals surface area (Å²) in [6.45, 7) is 5.48. The molecule has 2 heterocycles. The van der Waals surface area contributed by atoms with E-state index in [1.54, 1.807) is 24.0 Å². The molecule has 3 unspecified atom stereocenters. The van der Waals surface area contributed by atoms with Crippen LogP contribution in [0.15, 0.2) is 24.3 Å².